The molecule has 80 valence electrons. The predicted octanol–water partition coefficient (Wildman–Crippen LogP) is 3.30. The van der Waals surface area contributed by atoms with Gasteiger partial charge in [0.1, 0.15) is 5.76 Å². The van der Waals surface area contributed by atoms with Crippen molar-refractivity contribution in [3.05, 3.63) is 24.0 Å². The van der Waals surface area contributed by atoms with Crippen LogP contribution in [0.15, 0.2) is 24.0 Å². The van der Waals surface area contributed by atoms with Crippen LogP contribution in [-0.2, 0) is 9.53 Å². The highest BCUT2D eigenvalue weighted by molar-refractivity contribution is 5.87. The van der Waals surface area contributed by atoms with E-state index in [9.17, 15) is 4.79 Å². The number of carbonyl (C=O) groups excluding carboxylic acids is 1. The fourth-order valence-electron chi connectivity index (χ4n) is 0.867. The number of hydrogen-bond donors (Lipinski definition) is 0. The van der Waals surface area contributed by atoms with Crippen LogP contribution in [0.3, 0.4) is 0 Å². The number of hydrogen-bond acceptors (Lipinski definition) is 2. The zero-order valence-electron chi connectivity index (χ0n) is 9.76. The van der Waals surface area contributed by atoms with Crippen molar-refractivity contribution in [3.8, 4) is 0 Å². The molecule has 0 radical (unpaired) electrons. The van der Waals surface area contributed by atoms with E-state index in [2.05, 4.69) is 20.4 Å². The zero-order chi connectivity index (χ0) is 11.3. The maximum absolute atomic E-state index is 11.3. The van der Waals surface area contributed by atoms with Crippen LogP contribution in [0.2, 0.25) is 0 Å². The van der Waals surface area contributed by atoms with Gasteiger partial charge in [0, 0.05) is 11.5 Å². The largest absolute Gasteiger partial charge is 0.428 e. The second kappa shape index (κ2) is 5.63. The van der Waals surface area contributed by atoms with Gasteiger partial charge in [-0.15, -0.1) is 0 Å². The smallest absolute Gasteiger partial charge is 0.338 e. The molecule has 0 amide bonds. The molecule has 0 aliphatic rings. The van der Waals surface area contributed by atoms with Crippen LogP contribution in [-0.4, -0.2) is 5.97 Å². The third-order valence-corrected chi connectivity index (χ3v) is 1.63. The van der Waals surface area contributed by atoms with E-state index < -0.39 is 0 Å². The second-order valence-electron chi connectivity index (χ2n) is 4.14. The molecule has 0 bridgehead atoms. The van der Waals surface area contributed by atoms with Crippen molar-refractivity contribution in [2.75, 3.05) is 0 Å². The van der Waals surface area contributed by atoms with Crippen molar-refractivity contribution in [2.45, 2.75) is 34.6 Å². The Morgan fingerprint density at radius 1 is 1.29 bits per heavy atom. The normalized spacial score (nSPS) is 12.1. The molecule has 0 saturated heterocycles. The summed E-state index contributed by atoms with van der Waals surface area (Å²) in [4.78, 5) is 11.3. The molecule has 0 aliphatic heterocycles. The number of rotatable bonds is 4. The molecular weight excluding hydrogens is 176 g/mol. The molecule has 2 heteroatoms. The molecular formula is C12H20O2. The molecule has 0 fully saturated rings. The lowest BCUT2D eigenvalue weighted by Crippen LogP contribution is -2.09. The van der Waals surface area contributed by atoms with Crippen molar-refractivity contribution in [2.24, 2.45) is 11.8 Å². The van der Waals surface area contributed by atoms with Crippen LogP contribution in [0.25, 0.3) is 0 Å². The molecule has 0 aromatic carbocycles. The van der Waals surface area contributed by atoms with E-state index in [-0.39, 0.29) is 11.9 Å². The number of ether oxygens (including phenoxy) is 1. The summed E-state index contributed by atoms with van der Waals surface area (Å²) in [7, 11) is 0. The minimum Gasteiger partial charge on any atom is -0.428 e. The summed E-state index contributed by atoms with van der Waals surface area (Å²) in [6.45, 7) is 13.3. The molecule has 0 atom stereocenters. The van der Waals surface area contributed by atoms with Gasteiger partial charge in [0.25, 0.3) is 0 Å². The first-order valence-corrected chi connectivity index (χ1v) is 4.94. The lowest BCUT2D eigenvalue weighted by molar-refractivity contribution is -0.135. The fourth-order valence-corrected chi connectivity index (χ4v) is 0.867. The van der Waals surface area contributed by atoms with Gasteiger partial charge in [-0.25, -0.2) is 4.79 Å². The summed E-state index contributed by atoms with van der Waals surface area (Å²) in [5, 5.41) is 0. The zero-order valence-corrected chi connectivity index (χ0v) is 9.76. The average Bonchev–Trinajstić information content (AvgIpc) is 2.01. The van der Waals surface area contributed by atoms with Gasteiger partial charge in [0.2, 0.25) is 0 Å². The minimum absolute atomic E-state index is 0.223. The lowest BCUT2D eigenvalue weighted by Gasteiger charge is -2.13. The molecule has 0 rings (SSSR count). The first kappa shape index (κ1) is 12.9. The van der Waals surface area contributed by atoms with Gasteiger partial charge in [0.15, 0.2) is 0 Å². The van der Waals surface area contributed by atoms with Crippen molar-refractivity contribution >= 4 is 5.97 Å². The monoisotopic (exact) mass is 196 g/mol. The van der Waals surface area contributed by atoms with E-state index in [1.807, 2.05) is 19.9 Å². The van der Waals surface area contributed by atoms with Crippen LogP contribution >= 0.6 is 0 Å². The van der Waals surface area contributed by atoms with Gasteiger partial charge in [0.05, 0.1) is 0 Å². The van der Waals surface area contributed by atoms with E-state index in [0.29, 0.717) is 11.5 Å². The molecule has 0 heterocycles. The summed E-state index contributed by atoms with van der Waals surface area (Å²) in [5.74, 6) is 0.990. The van der Waals surface area contributed by atoms with Gasteiger partial charge in [-0.2, -0.15) is 0 Å². The average molecular weight is 196 g/mol. The van der Waals surface area contributed by atoms with Crippen molar-refractivity contribution < 1.29 is 9.53 Å². The van der Waals surface area contributed by atoms with Crippen LogP contribution in [0.5, 0.6) is 0 Å². The molecule has 0 spiro atoms. The lowest BCUT2D eigenvalue weighted by atomic mass is 10.1. The van der Waals surface area contributed by atoms with Gasteiger partial charge in [-0.05, 0) is 18.9 Å². The summed E-state index contributed by atoms with van der Waals surface area (Å²) in [6.07, 6.45) is 1.96. The first-order valence-electron chi connectivity index (χ1n) is 4.94. The summed E-state index contributed by atoms with van der Waals surface area (Å²) >= 11 is 0. The Balaban J connectivity index is 4.55. The van der Waals surface area contributed by atoms with Crippen LogP contribution < -0.4 is 0 Å². The quantitative estimate of drug-likeness (QED) is 0.392. The third kappa shape index (κ3) is 4.85. The highest BCUT2D eigenvalue weighted by Gasteiger charge is 2.11. The van der Waals surface area contributed by atoms with Crippen LogP contribution in [0.1, 0.15) is 34.6 Å². The van der Waals surface area contributed by atoms with Gasteiger partial charge in [-0.3, -0.25) is 0 Å². The van der Waals surface area contributed by atoms with E-state index in [4.69, 9.17) is 4.74 Å². The maximum Gasteiger partial charge on any atom is 0.338 e. The minimum atomic E-state index is -0.342. The standard InChI is InChI=1S/C12H20O2/c1-8(2)7-11(9(3)4)14-12(13)10(5)6/h7-9H,5H2,1-4,6H3. The molecule has 0 aromatic rings. The third-order valence-electron chi connectivity index (χ3n) is 1.63. The summed E-state index contributed by atoms with van der Waals surface area (Å²) in [5.41, 5.74) is 0.431. The predicted molar refractivity (Wildman–Crippen MR) is 58.7 cm³/mol. The Morgan fingerprint density at radius 2 is 1.79 bits per heavy atom. The van der Waals surface area contributed by atoms with Crippen molar-refractivity contribution in [1.82, 2.24) is 0 Å². The SMILES string of the molecule is C=C(C)C(=O)OC(=CC(C)C)C(C)C. The Morgan fingerprint density at radius 3 is 2.07 bits per heavy atom. The molecule has 0 unspecified atom stereocenters. The van der Waals surface area contributed by atoms with Gasteiger partial charge in [-0.1, -0.05) is 34.3 Å². The van der Waals surface area contributed by atoms with E-state index in [1.165, 1.54) is 0 Å². The Hall–Kier alpha value is -1.05. The van der Waals surface area contributed by atoms with E-state index in [0.717, 1.165) is 5.76 Å². The topological polar surface area (TPSA) is 26.3 Å². The fraction of sp³-hybridized carbons (Fsp3) is 0.583. The molecule has 0 saturated carbocycles. The van der Waals surface area contributed by atoms with Crippen molar-refractivity contribution in [3.63, 3.8) is 0 Å². The number of carbonyl (C=O) groups is 1. The van der Waals surface area contributed by atoms with Gasteiger partial charge < -0.3 is 4.74 Å². The second-order valence-corrected chi connectivity index (χ2v) is 4.14. The van der Waals surface area contributed by atoms with E-state index >= 15 is 0 Å². The maximum atomic E-state index is 11.3. The summed E-state index contributed by atoms with van der Waals surface area (Å²) < 4.78 is 5.21. The Kier molecular flexibility index (Phi) is 5.21. The first-order chi connectivity index (χ1) is 6.34. The summed E-state index contributed by atoms with van der Waals surface area (Å²) in [6, 6.07) is 0. The number of allylic oxidation sites excluding steroid dienone is 2. The van der Waals surface area contributed by atoms with E-state index in [1.54, 1.807) is 6.92 Å². The molecule has 2 nitrogen and oxygen atoms in total. The Bertz CT molecular complexity index is 247. The highest BCUT2D eigenvalue weighted by atomic mass is 16.5. The molecule has 0 aromatic heterocycles. The van der Waals surface area contributed by atoms with Gasteiger partial charge >= 0.3 is 5.97 Å². The Labute approximate surface area is 86.6 Å². The molecule has 14 heavy (non-hydrogen) atoms. The van der Waals surface area contributed by atoms with Crippen molar-refractivity contribution in [1.29, 1.82) is 0 Å². The van der Waals surface area contributed by atoms with Crippen LogP contribution in [0, 0.1) is 11.8 Å². The number of esters is 1. The molecule has 0 N–H and O–H groups in total. The van der Waals surface area contributed by atoms with Crippen LogP contribution in [0.4, 0.5) is 0 Å². The molecule has 0 aliphatic carbocycles. The highest BCUT2D eigenvalue weighted by Crippen LogP contribution is 2.15.